The van der Waals surface area contributed by atoms with E-state index in [2.05, 4.69) is 11.9 Å². The SMILES string of the molecule is CC1CCC(c2nc(O)cs2)C1. The minimum Gasteiger partial charge on any atom is -0.493 e. The first-order chi connectivity index (χ1) is 5.75. The van der Waals surface area contributed by atoms with Crippen LogP contribution in [0.3, 0.4) is 0 Å². The Morgan fingerprint density at radius 3 is 2.92 bits per heavy atom. The molecule has 3 heteroatoms. The van der Waals surface area contributed by atoms with E-state index in [9.17, 15) is 0 Å². The molecule has 2 atom stereocenters. The predicted octanol–water partition coefficient (Wildman–Crippen LogP) is 2.75. The van der Waals surface area contributed by atoms with E-state index < -0.39 is 0 Å². The van der Waals surface area contributed by atoms with Gasteiger partial charge in [-0.2, -0.15) is 0 Å². The lowest BCUT2D eigenvalue weighted by Crippen LogP contribution is -1.91. The zero-order valence-corrected chi connectivity index (χ0v) is 7.97. The van der Waals surface area contributed by atoms with Crippen molar-refractivity contribution >= 4 is 11.3 Å². The molecule has 2 nitrogen and oxygen atoms in total. The molecule has 0 bridgehead atoms. The molecule has 2 unspecified atom stereocenters. The number of hydrogen-bond acceptors (Lipinski definition) is 3. The van der Waals surface area contributed by atoms with Crippen molar-refractivity contribution in [2.24, 2.45) is 5.92 Å². The first kappa shape index (κ1) is 8.05. The van der Waals surface area contributed by atoms with Gasteiger partial charge in [0.15, 0.2) is 0 Å². The molecule has 1 heterocycles. The molecule has 1 aliphatic rings. The summed E-state index contributed by atoms with van der Waals surface area (Å²) in [5, 5.41) is 11.9. The Morgan fingerprint density at radius 2 is 2.42 bits per heavy atom. The lowest BCUT2D eigenvalue weighted by atomic mass is 10.1. The van der Waals surface area contributed by atoms with Crippen molar-refractivity contribution in [2.75, 3.05) is 0 Å². The molecule has 1 aliphatic carbocycles. The fourth-order valence-corrected chi connectivity index (χ4v) is 2.73. The molecular formula is C9H13NOS. The van der Waals surface area contributed by atoms with E-state index in [-0.39, 0.29) is 5.88 Å². The fourth-order valence-electron chi connectivity index (χ4n) is 1.90. The van der Waals surface area contributed by atoms with Gasteiger partial charge in [0, 0.05) is 5.92 Å². The van der Waals surface area contributed by atoms with E-state index in [1.165, 1.54) is 19.3 Å². The Labute approximate surface area is 76.3 Å². The minimum absolute atomic E-state index is 0.189. The van der Waals surface area contributed by atoms with E-state index in [0.717, 1.165) is 10.9 Å². The van der Waals surface area contributed by atoms with Crippen molar-refractivity contribution in [2.45, 2.75) is 32.1 Å². The molecule has 0 aromatic carbocycles. The maximum absolute atomic E-state index is 9.08. The summed E-state index contributed by atoms with van der Waals surface area (Å²) < 4.78 is 0. The predicted molar refractivity (Wildman–Crippen MR) is 49.5 cm³/mol. The molecule has 12 heavy (non-hydrogen) atoms. The zero-order valence-electron chi connectivity index (χ0n) is 7.16. The van der Waals surface area contributed by atoms with Crippen LogP contribution in [-0.4, -0.2) is 10.1 Å². The normalized spacial score (nSPS) is 29.4. The monoisotopic (exact) mass is 183 g/mol. The summed E-state index contributed by atoms with van der Waals surface area (Å²) in [5.74, 6) is 1.64. The van der Waals surface area contributed by atoms with Crippen molar-refractivity contribution in [1.29, 1.82) is 0 Å². The highest BCUT2D eigenvalue weighted by atomic mass is 32.1. The maximum Gasteiger partial charge on any atom is 0.222 e. The van der Waals surface area contributed by atoms with E-state index >= 15 is 0 Å². The average molecular weight is 183 g/mol. The van der Waals surface area contributed by atoms with Crippen LogP contribution < -0.4 is 0 Å². The third kappa shape index (κ3) is 1.46. The summed E-state index contributed by atoms with van der Waals surface area (Å²) in [5.41, 5.74) is 0. The van der Waals surface area contributed by atoms with Gasteiger partial charge in [-0.15, -0.1) is 11.3 Å². The average Bonchev–Trinajstić information content (AvgIpc) is 2.58. The Balaban J connectivity index is 2.11. The third-order valence-corrected chi connectivity index (χ3v) is 3.55. The topological polar surface area (TPSA) is 33.1 Å². The van der Waals surface area contributed by atoms with Crippen molar-refractivity contribution in [3.63, 3.8) is 0 Å². The highest BCUT2D eigenvalue weighted by molar-refractivity contribution is 7.09. The van der Waals surface area contributed by atoms with E-state index in [1.807, 2.05) is 0 Å². The molecule has 0 aliphatic heterocycles. The highest BCUT2D eigenvalue weighted by Gasteiger charge is 2.24. The summed E-state index contributed by atoms with van der Waals surface area (Å²) in [4.78, 5) is 4.10. The molecule has 2 rings (SSSR count). The van der Waals surface area contributed by atoms with Gasteiger partial charge < -0.3 is 5.11 Å². The van der Waals surface area contributed by atoms with Crippen LogP contribution in [-0.2, 0) is 0 Å². The Morgan fingerprint density at radius 1 is 1.58 bits per heavy atom. The molecule has 1 N–H and O–H groups in total. The van der Waals surface area contributed by atoms with Crippen molar-refractivity contribution < 1.29 is 5.11 Å². The van der Waals surface area contributed by atoms with Crippen LogP contribution in [0.1, 0.15) is 37.1 Å². The first-order valence-electron chi connectivity index (χ1n) is 4.40. The van der Waals surface area contributed by atoms with Gasteiger partial charge in [0.2, 0.25) is 5.88 Å². The van der Waals surface area contributed by atoms with Crippen molar-refractivity contribution in [1.82, 2.24) is 4.98 Å². The number of thiazole rings is 1. The fraction of sp³-hybridized carbons (Fsp3) is 0.667. The molecule has 1 saturated carbocycles. The molecule has 0 spiro atoms. The van der Waals surface area contributed by atoms with Crippen LogP contribution in [0.25, 0.3) is 0 Å². The molecule has 1 aromatic heterocycles. The van der Waals surface area contributed by atoms with Gasteiger partial charge in [-0.25, -0.2) is 4.98 Å². The third-order valence-electron chi connectivity index (χ3n) is 2.55. The first-order valence-corrected chi connectivity index (χ1v) is 5.28. The van der Waals surface area contributed by atoms with Gasteiger partial charge in [-0.3, -0.25) is 0 Å². The van der Waals surface area contributed by atoms with Gasteiger partial charge in [0.25, 0.3) is 0 Å². The number of hydrogen-bond donors (Lipinski definition) is 1. The van der Waals surface area contributed by atoms with Gasteiger partial charge in [0.1, 0.15) is 0 Å². The number of aromatic hydroxyl groups is 1. The van der Waals surface area contributed by atoms with Gasteiger partial charge in [0.05, 0.1) is 10.4 Å². The number of rotatable bonds is 1. The van der Waals surface area contributed by atoms with Crippen LogP contribution in [0.2, 0.25) is 0 Å². The second-order valence-corrected chi connectivity index (χ2v) is 4.55. The van der Waals surface area contributed by atoms with Crippen molar-refractivity contribution in [3.05, 3.63) is 10.4 Å². The van der Waals surface area contributed by atoms with Gasteiger partial charge in [-0.1, -0.05) is 13.3 Å². The van der Waals surface area contributed by atoms with E-state index in [4.69, 9.17) is 5.11 Å². The molecule has 0 saturated heterocycles. The van der Waals surface area contributed by atoms with Crippen LogP contribution in [0, 0.1) is 5.92 Å². The molecule has 0 amide bonds. The summed E-state index contributed by atoms with van der Waals surface area (Å²) >= 11 is 1.59. The van der Waals surface area contributed by atoms with Crippen LogP contribution in [0.5, 0.6) is 5.88 Å². The summed E-state index contributed by atoms with van der Waals surface area (Å²) in [6, 6.07) is 0. The summed E-state index contributed by atoms with van der Waals surface area (Å²) in [6.45, 7) is 2.29. The standard InChI is InChI=1S/C9H13NOS/c1-6-2-3-7(4-6)9-10-8(11)5-12-9/h5-7,11H,2-4H2,1H3. The van der Waals surface area contributed by atoms with Gasteiger partial charge >= 0.3 is 0 Å². The van der Waals surface area contributed by atoms with E-state index in [1.54, 1.807) is 16.7 Å². The Kier molecular flexibility index (Phi) is 2.05. The highest BCUT2D eigenvalue weighted by Crippen LogP contribution is 2.39. The molecule has 66 valence electrons. The van der Waals surface area contributed by atoms with Crippen LogP contribution in [0.4, 0.5) is 0 Å². The second-order valence-electron chi connectivity index (χ2n) is 3.66. The largest absolute Gasteiger partial charge is 0.493 e. The molecule has 1 aromatic rings. The molecule has 0 radical (unpaired) electrons. The molecular weight excluding hydrogens is 170 g/mol. The van der Waals surface area contributed by atoms with Gasteiger partial charge in [-0.05, 0) is 18.8 Å². The summed E-state index contributed by atoms with van der Waals surface area (Å²) in [6.07, 6.45) is 3.80. The lowest BCUT2D eigenvalue weighted by Gasteiger charge is -2.03. The second kappa shape index (κ2) is 3.05. The quantitative estimate of drug-likeness (QED) is 0.726. The number of nitrogens with zero attached hydrogens (tertiary/aromatic N) is 1. The van der Waals surface area contributed by atoms with E-state index in [0.29, 0.717) is 5.92 Å². The van der Waals surface area contributed by atoms with Crippen LogP contribution >= 0.6 is 11.3 Å². The number of aromatic nitrogens is 1. The molecule has 1 fully saturated rings. The Bertz CT molecular complexity index is 271. The Hall–Kier alpha value is -0.570. The van der Waals surface area contributed by atoms with Crippen molar-refractivity contribution in [3.8, 4) is 5.88 Å². The maximum atomic E-state index is 9.08. The van der Waals surface area contributed by atoms with Crippen LogP contribution in [0.15, 0.2) is 5.38 Å². The zero-order chi connectivity index (χ0) is 8.55. The lowest BCUT2D eigenvalue weighted by molar-refractivity contribution is 0.453. The smallest absolute Gasteiger partial charge is 0.222 e. The minimum atomic E-state index is 0.189. The summed E-state index contributed by atoms with van der Waals surface area (Å²) in [7, 11) is 0.